The van der Waals surface area contributed by atoms with Crippen molar-refractivity contribution in [3.63, 3.8) is 0 Å². The van der Waals surface area contributed by atoms with Crippen LogP contribution in [0.5, 0.6) is 0 Å². The minimum Gasteiger partial charge on any atom is -0.350 e. The molecular weight excluding hydrogens is 304 g/mol. The van der Waals surface area contributed by atoms with Crippen LogP contribution in [0.2, 0.25) is 0 Å². The molecule has 0 aliphatic carbocycles. The molecule has 2 heterocycles. The minimum atomic E-state index is -0.0978. The topological polar surface area (TPSA) is 64.7 Å². The van der Waals surface area contributed by atoms with Crippen LogP contribution in [0.15, 0.2) is 30.3 Å². The Morgan fingerprint density at radius 2 is 1.92 bits per heavy atom. The van der Waals surface area contributed by atoms with E-state index in [1.165, 1.54) is 0 Å². The van der Waals surface area contributed by atoms with Crippen LogP contribution >= 0.6 is 0 Å². The summed E-state index contributed by atoms with van der Waals surface area (Å²) in [6, 6.07) is 10.1. The summed E-state index contributed by atoms with van der Waals surface area (Å²) in [7, 11) is 0. The van der Waals surface area contributed by atoms with Crippen LogP contribution < -0.4 is 10.6 Å². The van der Waals surface area contributed by atoms with Gasteiger partial charge in [0.25, 0.3) is 0 Å². The Hall–Kier alpha value is -2.08. The molecule has 2 fully saturated rings. The fraction of sp³-hybridized carbons (Fsp3) is 0.556. The van der Waals surface area contributed by atoms with Crippen LogP contribution in [0.3, 0.4) is 0 Å². The van der Waals surface area contributed by atoms with Gasteiger partial charge in [0.2, 0.25) is 5.91 Å². The first-order valence-electron chi connectivity index (χ1n) is 8.81. The third-order valence-electron chi connectivity index (χ3n) is 4.76. The van der Waals surface area contributed by atoms with Crippen molar-refractivity contribution in [1.82, 2.24) is 20.4 Å². The highest BCUT2D eigenvalue weighted by atomic mass is 16.2. The summed E-state index contributed by atoms with van der Waals surface area (Å²) < 4.78 is 0. The molecule has 2 N–H and O–H groups in total. The first kappa shape index (κ1) is 16.8. The summed E-state index contributed by atoms with van der Waals surface area (Å²) in [6.07, 6.45) is 2.93. The number of nitrogens with one attached hydrogen (secondary N) is 2. The summed E-state index contributed by atoms with van der Waals surface area (Å²) in [5.41, 5.74) is 1.06. The molecule has 1 aromatic carbocycles. The molecule has 2 saturated heterocycles. The van der Waals surface area contributed by atoms with Crippen molar-refractivity contribution in [2.24, 2.45) is 0 Å². The Labute approximate surface area is 143 Å². The number of amides is 3. The van der Waals surface area contributed by atoms with Gasteiger partial charge in [-0.15, -0.1) is 0 Å². The van der Waals surface area contributed by atoms with Gasteiger partial charge >= 0.3 is 6.03 Å². The van der Waals surface area contributed by atoms with Crippen molar-refractivity contribution in [2.75, 3.05) is 32.7 Å². The number of carbonyl (C=O) groups is 2. The van der Waals surface area contributed by atoms with E-state index in [0.29, 0.717) is 19.1 Å². The molecular formula is C18H26N4O2. The zero-order valence-electron chi connectivity index (χ0n) is 14.0. The highest BCUT2D eigenvalue weighted by Crippen LogP contribution is 2.18. The van der Waals surface area contributed by atoms with E-state index in [2.05, 4.69) is 10.6 Å². The molecule has 3 amide bonds. The average Bonchev–Trinajstić information content (AvgIpc) is 2.63. The number of hydrogen-bond acceptors (Lipinski definition) is 3. The fourth-order valence-corrected chi connectivity index (χ4v) is 3.43. The van der Waals surface area contributed by atoms with Crippen LogP contribution in [0, 0.1) is 0 Å². The number of rotatable bonds is 5. The lowest BCUT2D eigenvalue weighted by molar-refractivity contribution is -0.122. The molecule has 0 aromatic heterocycles. The molecule has 2 aliphatic heterocycles. The van der Waals surface area contributed by atoms with Crippen LogP contribution in [0.25, 0.3) is 0 Å². The van der Waals surface area contributed by atoms with Gasteiger partial charge in [0.05, 0.1) is 0 Å². The standard InChI is InChI=1S/C18H26N4O2/c23-17(20-13-15-5-2-1-3-6-15)14-21-11-4-12-22(18(21)24)16-7-9-19-10-8-16/h1-3,5-6,16,19H,4,7-14H2,(H,20,23). The second-order valence-electron chi connectivity index (χ2n) is 6.49. The van der Waals surface area contributed by atoms with Crippen molar-refractivity contribution in [3.05, 3.63) is 35.9 Å². The molecule has 0 radical (unpaired) electrons. The molecule has 0 atom stereocenters. The Morgan fingerprint density at radius 3 is 2.67 bits per heavy atom. The molecule has 2 aliphatic rings. The summed E-state index contributed by atoms with van der Waals surface area (Å²) >= 11 is 0. The lowest BCUT2D eigenvalue weighted by Crippen LogP contribution is -2.56. The first-order chi connectivity index (χ1) is 11.7. The number of urea groups is 1. The number of hydrogen-bond donors (Lipinski definition) is 2. The maximum atomic E-state index is 12.7. The fourth-order valence-electron chi connectivity index (χ4n) is 3.43. The van der Waals surface area contributed by atoms with Gasteiger partial charge < -0.3 is 20.4 Å². The molecule has 0 bridgehead atoms. The van der Waals surface area contributed by atoms with Crippen molar-refractivity contribution >= 4 is 11.9 Å². The van der Waals surface area contributed by atoms with Gasteiger partial charge in [-0.2, -0.15) is 0 Å². The molecule has 130 valence electrons. The number of carbonyl (C=O) groups excluding carboxylic acids is 2. The van der Waals surface area contributed by atoms with Gasteiger partial charge in [-0.1, -0.05) is 30.3 Å². The molecule has 0 unspecified atom stereocenters. The van der Waals surface area contributed by atoms with Gasteiger partial charge in [0.15, 0.2) is 0 Å². The maximum absolute atomic E-state index is 12.7. The van der Waals surface area contributed by atoms with Crippen LogP contribution in [0.1, 0.15) is 24.8 Å². The van der Waals surface area contributed by atoms with E-state index < -0.39 is 0 Å². The summed E-state index contributed by atoms with van der Waals surface area (Å²) in [4.78, 5) is 28.5. The van der Waals surface area contributed by atoms with E-state index in [-0.39, 0.29) is 18.5 Å². The van der Waals surface area contributed by atoms with Crippen LogP contribution in [-0.4, -0.2) is 60.5 Å². The van der Waals surface area contributed by atoms with E-state index in [1.807, 2.05) is 35.2 Å². The van der Waals surface area contributed by atoms with Gasteiger partial charge in [0, 0.05) is 25.7 Å². The van der Waals surface area contributed by atoms with Crippen molar-refractivity contribution < 1.29 is 9.59 Å². The second-order valence-corrected chi connectivity index (χ2v) is 6.49. The van der Waals surface area contributed by atoms with Gasteiger partial charge in [-0.3, -0.25) is 4.79 Å². The van der Waals surface area contributed by atoms with Gasteiger partial charge in [-0.05, 0) is 37.9 Å². The first-order valence-corrected chi connectivity index (χ1v) is 8.81. The molecule has 0 saturated carbocycles. The Bertz CT molecular complexity index is 557. The van der Waals surface area contributed by atoms with Crippen molar-refractivity contribution in [2.45, 2.75) is 31.8 Å². The molecule has 0 spiro atoms. The minimum absolute atomic E-state index is 0.0167. The summed E-state index contributed by atoms with van der Waals surface area (Å²) in [5.74, 6) is -0.0978. The predicted molar refractivity (Wildman–Crippen MR) is 92.5 cm³/mol. The largest absolute Gasteiger partial charge is 0.350 e. The van der Waals surface area contributed by atoms with Gasteiger partial charge in [0.1, 0.15) is 6.54 Å². The van der Waals surface area contributed by atoms with Crippen LogP contribution in [0.4, 0.5) is 4.79 Å². The van der Waals surface area contributed by atoms with Crippen LogP contribution in [-0.2, 0) is 11.3 Å². The SMILES string of the molecule is O=C(CN1CCCN(C2CCNCC2)C1=O)NCc1ccccc1. The monoisotopic (exact) mass is 330 g/mol. The third kappa shape index (κ3) is 4.26. The highest BCUT2D eigenvalue weighted by Gasteiger charge is 2.32. The zero-order chi connectivity index (χ0) is 16.8. The third-order valence-corrected chi connectivity index (χ3v) is 4.76. The van der Waals surface area contributed by atoms with E-state index in [4.69, 9.17) is 0 Å². The second kappa shape index (κ2) is 8.15. The van der Waals surface area contributed by atoms with Crippen molar-refractivity contribution in [3.8, 4) is 0 Å². The Kier molecular flexibility index (Phi) is 5.69. The Morgan fingerprint density at radius 1 is 1.17 bits per heavy atom. The van der Waals surface area contributed by atoms with Gasteiger partial charge in [-0.25, -0.2) is 4.79 Å². The number of nitrogens with zero attached hydrogens (tertiary/aromatic N) is 2. The van der Waals surface area contributed by atoms with E-state index >= 15 is 0 Å². The average molecular weight is 330 g/mol. The predicted octanol–water partition coefficient (Wildman–Crippen LogP) is 1.18. The quantitative estimate of drug-likeness (QED) is 0.852. The molecule has 6 heteroatoms. The summed E-state index contributed by atoms with van der Waals surface area (Å²) in [5, 5.41) is 6.23. The highest BCUT2D eigenvalue weighted by molar-refractivity contribution is 5.84. The smallest absolute Gasteiger partial charge is 0.320 e. The lowest BCUT2D eigenvalue weighted by Gasteiger charge is -2.41. The zero-order valence-corrected chi connectivity index (χ0v) is 14.0. The molecule has 3 rings (SSSR count). The normalized spacial score (nSPS) is 19.4. The Balaban J connectivity index is 1.50. The van der Waals surface area contributed by atoms with E-state index in [1.54, 1.807) is 4.90 Å². The summed E-state index contributed by atoms with van der Waals surface area (Å²) in [6.45, 7) is 4.05. The maximum Gasteiger partial charge on any atom is 0.320 e. The van der Waals surface area contributed by atoms with Crippen molar-refractivity contribution in [1.29, 1.82) is 0 Å². The van der Waals surface area contributed by atoms with E-state index in [0.717, 1.165) is 44.5 Å². The number of benzene rings is 1. The number of piperidine rings is 1. The lowest BCUT2D eigenvalue weighted by atomic mass is 10.0. The van der Waals surface area contributed by atoms with E-state index in [9.17, 15) is 9.59 Å². The molecule has 1 aromatic rings. The molecule has 24 heavy (non-hydrogen) atoms. The molecule has 6 nitrogen and oxygen atoms in total.